The van der Waals surface area contributed by atoms with E-state index in [2.05, 4.69) is 20.3 Å². The molecule has 11 heteroatoms. The molecule has 2 unspecified atom stereocenters. The van der Waals surface area contributed by atoms with Crippen molar-refractivity contribution in [3.63, 3.8) is 0 Å². The summed E-state index contributed by atoms with van der Waals surface area (Å²) in [5, 5.41) is 6.25. The standard InChI is InChI=1S/C15H16Cl2F3N5S/c1-8(2)14(7-15(18,19)20)13(23-12(24-14)6-22-25-21)26-11-4-9(16)3-10(17)5-11/h3-5,8,13H,6-7H2,1-2H3,(H,23,24). The maximum atomic E-state index is 13.3. The van der Waals surface area contributed by atoms with Crippen LogP contribution in [0.2, 0.25) is 10.0 Å². The normalized spacial score (nSPS) is 22.8. The fourth-order valence-corrected chi connectivity index (χ4v) is 4.86. The molecule has 1 aromatic rings. The van der Waals surface area contributed by atoms with Gasteiger partial charge in [-0.2, -0.15) is 13.2 Å². The van der Waals surface area contributed by atoms with Crippen molar-refractivity contribution in [2.24, 2.45) is 16.0 Å². The number of halogens is 5. The van der Waals surface area contributed by atoms with E-state index in [1.165, 1.54) is 0 Å². The van der Waals surface area contributed by atoms with Gasteiger partial charge in [0.2, 0.25) is 0 Å². The van der Waals surface area contributed by atoms with Crippen molar-refractivity contribution >= 4 is 40.8 Å². The molecule has 1 heterocycles. The van der Waals surface area contributed by atoms with Gasteiger partial charge in [-0.3, -0.25) is 4.99 Å². The summed E-state index contributed by atoms with van der Waals surface area (Å²) in [4.78, 5) is 7.60. The maximum absolute atomic E-state index is 13.3. The van der Waals surface area contributed by atoms with Crippen LogP contribution in [0.25, 0.3) is 10.4 Å². The monoisotopic (exact) mass is 425 g/mol. The molecule has 0 radical (unpaired) electrons. The molecule has 0 bridgehead atoms. The van der Waals surface area contributed by atoms with E-state index in [-0.39, 0.29) is 12.4 Å². The van der Waals surface area contributed by atoms with Gasteiger partial charge in [-0.1, -0.05) is 53.9 Å². The van der Waals surface area contributed by atoms with Gasteiger partial charge in [0, 0.05) is 19.9 Å². The highest BCUT2D eigenvalue weighted by atomic mass is 35.5. The molecule has 0 fully saturated rings. The summed E-state index contributed by atoms with van der Waals surface area (Å²) in [5.74, 6) is -0.171. The number of nitrogens with one attached hydrogen (secondary N) is 1. The molecule has 0 spiro atoms. The van der Waals surface area contributed by atoms with Crippen LogP contribution in [0.1, 0.15) is 20.3 Å². The summed E-state index contributed by atoms with van der Waals surface area (Å²) in [6, 6.07) is 4.79. The largest absolute Gasteiger partial charge is 0.391 e. The summed E-state index contributed by atoms with van der Waals surface area (Å²) in [6.07, 6.45) is -5.47. The number of hydrogen-bond acceptors (Lipinski definition) is 4. The number of hydrogen-bond donors (Lipinski definition) is 1. The summed E-state index contributed by atoms with van der Waals surface area (Å²) in [7, 11) is 0. The summed E-state index contributed by atoms with van der Waals surface area (Å²) >= 11 is 13.1. The first-order valence-corrected chi connectivity index (χ1v) is 9.24. The zero-order valence-corrected chi connectivity index (χ0v) is 16.2. The van der Waals surface area contributed by atoms with E-state index >= 15 is 0 Å². The first-order valence-electron chi connectivity index (χ1n) is 7.61. The van der Waals surface area contributed by atoms with Crippen LogP contribution in [0.5, 0.6) is 0 Å². The van der Waals surface area contributed by atoms with Crippen LogP contribution in [0.15, 0.2) is 33.2 Å². The van der Waals surface area contributed by atoms with Gasteiger partial charge in [-0.15, -0.1) is 0 Å². The second-order valence-electron chi connectivity index (χ2n) is 6.15. The molecular formula is C15H16Cl2F3N5S. The number of benzene rings is 1. The Hall–Kier alpha value is -1.28. The van der Waals surface area contributed by atoms with E-state index in [9.17, 15) is 13.2 Å². The smallest absolute Gasteiger partial charge is 0.365 e. The molecule has 1 aliphatic rings. The van der Waals surface area contributed by atoms with Gasteiger partial charge in [-0.25, -0.2) is 0 Å². The molecule has 0 amide bonds. The molecule has 2 rings (SSSR count). The highest BCUT2D eigenvalue weighted by Crippen LogP contribution is 2.45. The van der Waals surface area contributed by atoms with Crippen molar-refractivity contribution in [3.05, 3.63) is 38.7 Å². The number of alkyl halides is 3. The second kappa shape index (κ2) is 8.17. The Balaban J connectivity index is 2.42. The van der Waals surface area contributed by atoms with Crippen LogP contribution in [0.4, 0.5) is 13.2 Å². The fourth-order valence-electron chi connectivity index (χ4n) is 2.75. The molecule has 0 aromatic heterocycles. The van der Waals surface area contributed by atoms with E-state index in [0.717, 1.165) is 11.8 Å². The SMILES string of the molecule is CC(C)C1(CC(F)(F)F)NC(CN=[N+]=[N-])=NC1Sc1cc(Cl)cc(Cl)c1. The van der Waals surface area contributed by atoms with E-state index in [1.807, 2.05) is 0 Å². The highest BCUT2D eigenvalue weighted by molar-refractivity contribution is 8.00. The first-order chi connectivity index (χ1) is 12.1. The lowest BCUT2D eigenvalue weighted by molar-refractivity contribution is -0.152. The second-order valence-corrected chi connectivity index (χ2v) is 8.18. The topological polar surface area (TPSA) is 73.2 Å². The van der Waals surface area contributed by atoms with Gasteiger partial charge in [0.05, 0.1) is 18.5 Å². The number of amidine groups is 1. The van der Waals surface area contributed by atoms with Crippen molar-refractivity contribution in [3.8, 4) is 0 Å². The molecule has 26 heavy (non-hydrogen) atoms. The molecule has 1 aromatic carbocycles. The molecule has 1 aliphatic heterocycles. The summed E-state index contributed by atoms with van der Waals surface area (Å²) in [5.41, 5.74) is 7.10. The number of azide groups is 1. The summed E-state index contributed by atoms with van der Waals surface area (Å²) in [6.45, 7) is 3.25. The molecule has 5 nitrogen and oxygen atoms in total. The Morgan fingerprint density at radius 1 is 1.35 bits per heavy atom. The predicted octanol–water partition coefficient (Wildman–Crippen LogP) is 6.07. The average Bonchev–Trinajstić information content (AvgIpc) is 2.81. The minimum atomic E-state index is -4.40. The lowest BCUT2D eigenvalue weighted by Crippen LogP contribution is -2.56. The Bertz CT molecular complexity index is 729. The Labute approximate surface area is 163 Å². The van der Waals surface area contributed by atoms with E-state index in [0.29, 0.717) is 14.9 Å². The van der Waals surface area contributed by atoms with Gasteiger partial charge in [0.15, 0.2) is 0 Å². The molecular weight excluding hydrogens is 410 g/mol. The number of thioether (sulfide) groups is 1. The van der Waals surface area contributed by atoms with Crippen molar-refractivity contribution in [2.45, 2.75) is 42.3 Å². The minimum absolute atomic E-state index is 0.143. The molecule has 0 saturated heterocycles. The Morgan fingerprint density at radius 3 is 2.46 bits per heavy atom. The van der Waals surface area contributed by atoms with E-state index in [4.69, 9.17) is 28.7 Å². The Morgan fingerprint density at radius 2 is 1.96 bits per heavy atom. The summed E-state index contributed by atoms with van der Waals surface area (Å²) < 4.78 is 39.9. The third kappa shape index (κ3) is 5.13. The molecule has 1 N–H and O–H groups in total. The number of nitrogens with zero attached hydrogens (tertiary/aromatic N) is 4. The van der Waals surface area contributed by atoms with Crippen molar-refractivity contribution in [2.75, 3.05) is 6.54 Å². The van der Waals surface area contributed by atoms with Gasteiger partial charge in [0.25, 0.3) is 0 Å². The number of rotatable bonds is 6. The maximum Gasteiger partial charge on any atom is 0.391 e. The van der Waals surface area contributed by atoms with Gasteiger partial charge < -0.3 is 5.32 Å². The van der Waals surface area contributed by atoms with Crippen LogP contribution >= 0.6 is 35.0 Å². The lowest BCUT2D eigenvalue weighted by atomic mass is 9.83. The van der Waals surface area contributed by atoms with Crippen LogP contribution in [0.3, 0.4) is 0 Å². The first kappa shape index (κ1) is 21.0. The molecule has 142 valence electrons. The van der Waals surface area contributed by atoms with Crippen LogP contribution in [-0.2, 0) is 0 Å². The van der Waals surface area contributed by atoms with Gasteiger partial charge >= 0.3 is 6.18 Å². The van der Waals surface area contributed by atoms with Crippen molar-refractivity contribution in [1.29, 1.82) is 0 Å². The number of aliphatic imine (C=N–C) groups is 1. The zero-order chi connectivity index (χ0) is 19.5. The molecule has 2 atom stereocenters. The molecule has 0 aliphatic carbocycles. The average molecular weight is 426 g/mol. The van der Waals surface area contributed by atoms with Crippen LogP contribution in [0, 0.1) is 5.92 Å². The van der Waals surface area contributed by atoms with E-state index in [1.54, 1.807) is 32.0 Å². The minimum Gasteiger partial charge on any atom is -0.365 e. The van der Waals surface area contributed by atoms with Gasteiger partial charge in [0.1, 0.15) is 11.2 Å². The highest BCUT2D eigenvalue weighted by Gasteiger charge is 2.53. The van der Waals surface area contributed by atoms with Crippen LogP contribution < -0.4 is 5.32 Å². The van der Waals surface area contributed by atoms with E-state index < -0.39 is 29.4 Å². The van der Waals surface area contributed by atoms with Gasteiger partial charge in [-0.05, 0) is 29.6 Å². The Kier molecular flexibility index (Phi) is 6.60. The predicted molar refractivity (Wildman–Crippen MR) is 98.9 cm³/mol. The third-order valence-corrected chi connectivity index (χ3v) is 5.68. The van der Waals surface area contributed by atoms with Crippen molar-refractivity contribution < 1.29 is 13.2 Å². The fraction of sp³-hybridized carbons (Fsp3) is 0.533. The lowest BCUT2D eigenvalue weighted by Gasteiger charge is -2.39. The molecule has 0 saturated carbocycles. The quantitative estimate of drug-likeness (QED) is 0.341. The van der Waals surface area contributed by atoms with Crippen molar-refractivity contribution in [1.82, 2.24) is 5.32 Å². The zero-order valence-electron chi connectivity index (χ0n) is 13.9. The van der Waals surface area contributed by atoms with Crippen LogP contribution in [-0.4, -0.2) is 29.5 Å². The third-order valence-electron chi connectivity index (χ3n) is 3.98.